The number of halogens is 6. The first-order chi connectivity index (χ1) is 30.5. The highest BCUT2D eigenvalue weighted by Gasteiger charge is 2.51. The number of alkyl halides is 6. The Hall–Kier alpha value is -5.59. The molecule has 22 heteroatoms. The van der Waals surface area contributed by atoms with Crippen LogP contribution in [0.4, 0.5) is 26.3 Å². The molecule has 0 radical (unpaired) electrons. The maximum Gasteiger partial charge on any atom is 0.534 e. The molecular weight excluding hydrogens is 955 g/mol. The van der Waals surface area contributed by atoms with Crippen molar-refractivity contribution in [3.63, 3.8) is 0 Å². The van der Waals surface area contributed by atoms with Gasteiger partial charge >= 0.3 is 31.3 Å². The van der Waals surface area contributed by atoms with E-state index in [1.165, 1.54) is 66.9 Å². The smallest absolute Gasteiger partial charge is 0.496 e. The molecule has 0 aliphatic rings. The first-order valence-corrected chi connectivity index (χ1v) is 29.6. The van der Waals surface area contributed by atoms with Gasteiger partial charge in [-0.3, -0.25) is 0 Å². The molecule has 0 spiro atoms. The molecule has 0 bridgehead atoms. The summed E-state index contributed by atoms with van der Waals surface area (Å²) in [5.74, 6) is -0.661. The highest BCUT2D eigenvalue weighted by molar-refractivity contribution is 7.88. The molecule has 7 aromatic rings. The molecule has 0 N–H and O–H groups in total. The fraction of sp³-hybridized carbons (Fsp3) is 0.318. The summed E-state index contributed by atoms with van der Waals surface area (Å²) >= 11 is 0. The normalized spacial score (nSPS) is 13.2. The van der Waals surface area contributed by atoms with Crippen LogP contribution >= 0.6 is 0 Å². The molecule has 0 unspecified atom stereocenters. The second-order valence-corrected chi connectivity index (χ2v) is 30.4. The monoisotopic (exact) mass is 998 g/mol. The van der Waals surface area contributed by atoms with E-state index in [2.05, 4.69) is 0 Å². The Labute approximate surface area is 377 Å². The predicted octanol–water partition coefficient (Wildman–Crippen LogP) is 10.2. The average Bonchev–Trinajstić information content (AvgIpc) is 3.22. The van der Waals surface area contributed by atoms with Gasteiger partial charge in [0.1, 0.15) is 23.0 Å². The molecule has 0 saturated heterocycles. The summed E-state index contributed by atoms with van der Waals surface area (Å²) in [6.45, 7) is 10.6. The Morgan fingerprint density at radius 1 is 0.379 bits per heavy atom. The van der Waals surface area contributed by atoms with Gasteiger partial charge in [0, 0.05) is 64.6 Å². The number of methoxy groups -OCH3 is 6. The molecule has 0 aliphatic carbocycles. The minimum atomic E-state index is -6.37. The Morgan fingerprint density at radius 2 is 0.652 bits per heavy atom. The van der Waals surface area contributed by atoms with Crippen molar-refractivity contribution in [1.29, 1.82) is 0 Å². The van der Waals surface area contributed by atoms with E-state index in [0.29, 0.717) is 0 Å². The summed E-state index contributed by atoms with van der Waals surface area (Å²) in [5.41, 5.74) is -11.8. The molecule has 0 amide bonds. The largest absolute Gasteiger partial charge is 0.534 e. The number of ether oxygens (including phenoxy) is 6. The van der Waals surface area contributed by atoms with Crippen LogP contribution in [-0.4, -0.2) is 86.7 Å². The molecule has 66 heavy (non-hydrogen) atoms. The van der Waals surface area contributed by atoms with E-state index in [4.69, 9.17) is 36.8 Å². The molecule has 7 rings (SSSR count). The van der Waals surface area contributed by atoms with E-state index < -0.39 is 58.9 Å². The zero-order chi connectivity index (χ0) is 49.0. The third-order valence-electron chi connectivity index (χ3n) is 11.4. The fourth-order valence-electron chi connectivity index (χ4n) is 8.47. The molecule has 0 atom stereocenters. The van der Waals surface area contributed by atoms with Crippen molar-refractivity contribution in [2.75, 3.05) is 42.7 Å². The van der Waals surface area contributed by atoms with Gasteiger partial charge in [-0.25, -0.2) is 0 Å². The van der Waals surface area contributed by atoms with Crippen LogP contribution in [0.1, 0.15) is 0 Å². The minimum Gasteiger partial charge on any atom is -0.496 e. The Morgan fingerprint density at radius 3 is 0.909 bits per heavy atom. The number of benzene rings is 7. The maximum absolute atomic E-state index is 14.4. The first-order valence-electron chi connectivity index (χ1n) is 19.8. The van der Waals surface area contributed by atoms with Crippen molar-refractivity contribution in [2.24, 2.45) is 0 Å². The predicted molar refractivity (Wildman–Crippen MR) is 248 cm³/mol. The molecule has 0 aromatic heterocycles. The lowest BCUT2D eigenvalue weighted by Gasteiger charge is -2.27. The quantitative estimate of drug-likeness (QED) is 0.0378. The van der Waals surface area contributed by atoms with Gasteiger partial charge < -0.3 is 36.8 Å². The summed E-state index contributed by atoms with van der Waals surface area (Å²) in [4.78, 5) is 0. The van der Waals surface area contributed by atoms with Crippen molar-refractivity contribution >= 4 is 111 Å². The van der Waals surface area contributed by atoms with Gasteiger partial charge in [-0.15, -0.1) is 0 Å². The zero-order valence-electron chi connectivity index (χ0n) is 37.6. The molecular formula is C44H44F6O12S2Si2. The molecule has 7 aromatic carbocycles. The molecule has 12 nitrogen and oxygen atoms in total. The lowest BCUT2D eigenvalue weighted by atomic mass is 9.87. The van der Waals surface area contributed by atoms with Crippen LogP contribution in [0.15, 0.2) is 48.5 Å². The highest BCUT2D eigenvalue weighted by atomic mass is 32.2. The second-order valence-electron chi connectivity index (χ2n) is 17.3. The topological polar surface area (TPSA) is 142 Å². The molecule has 0 saturated carbocycles. The number of hydrogen-bond donors (Lipinski definition) is 0. The number of fused-ring (bicyclic) bond motifs is 11. The number of rotatable bonds is 12. The third kappa shape index (κ3) is 7.48. The van der Waals surface area contributed by atoms with Gasteiger partial charge in [-0.05, 0) is 58.9 Å². The van der Waals surface area contributed by atoms with E-state index in [-0.39, 0.29) is 110 Å². The van der Waals surface area contributed by atoms with Crippen LogP contribution in [0.3, 0.4) is 0 Å². The molecule has 0 heterocycles. The van der Waals surface area contributed by atoms with Crippen molar-refractivity contribution in [1.82, 2.24) is 0 Å². The Bertz CT molecular complexity index is 3190. The molecule has 0 aliphatic heterocycles. The summed E-state index contributed by atoms with van der Waals surface area (Å²) in [6, 6.07) is 12.1. The van der Waals surface area contributed by atoms with Gasteiger partial charge in [0.2, 0.25) is 0 Å². The van der Waals surface area contributed by atoms with Gasteiger partial charge in [0.25, 0.3) is 0 Å². The second kappa shape index (κ2) is 16.0. The van der Waals surface area contributed by atoms with Crippen LogP contribution in [0, 0.1) is 0 Å². The van der Waals surface area contributed by atoms with Crippen LogP contribution < -0.4 is 47.2 Å². The Kier molecular flexibility index (Phi) is 11.8. The highest BCUT2D eigenvalue weighted by Crippen LogP contribution is 2.55. The van der Waals surface area contributed by atoms with E-state index in [1.807, 2.05) is 0 Å². The average molecular weight is 999 g/mol. The van der Waals surface area contributed by atoms with Crippen LogP contribution in [0.5, 0.6) is 46.0 Å². The number of hydrogen-bond acceptors (Lipinski definition) is 12. The molecule has 354 valence electrons. The summed E-state index contributed by atoms with van der Waals surface area (Å²) in [5, 5.41) is 1.07. The van der Waals surface area contributed by atoms with Gasteiger partial charge in [-0.1, -0.05) is 39.3 Å². The summed E-state index contributed by atoms with van der Waals surface area (Å²) in [6.07, 6.45) is 0. The van der Waals surface area contributed by atoms with E-state index in [9.17, 15) is 43.2 Å². The Balaban J connectivity index is 2.01. The van der Waals surface area contributed by atoms with Crippen molar-refractivity contribution in [3.05, 3.63) is 48.5 Å². The van der Waals surface area contributed by atoms with Crippen molar-refractivity contribution in [2.45, 2.75) is 50.3 Å². The van der Waals surface area contributed by atoms with E-state index in [1.54, 1.807) is 63.5 Å². The van der Waals surface area contributed by atoms with E-state index in [0.717, 1.165) is 0 Å². The lowest BCUT2D eigenvalue weighted by molar-refractivity contribution is -0.0504. The molecule has 0 fully saturated rings. The zero-order valence-corrected chi connectivity index (χ0v) is 41.2. The van der Waals surface area contributed by atoms with E-state index >= 15 is 0 Å². The first kappa shape index (κ1) is 48.3. The standard InChI is InChI=1S/C44H44F6O12S2Si2/c1-55-27-17-25-29(57-3)19-31(65(7,8)9)41(61-63(51,52)43(45,46)47)37(25)33-21(27)13-15-23-35(33)36-24(40(60-6)39(23)59-5)16-14-22-28(56-2)18-26-30(58-4)20-32(66(10,11)12)42(38(26)34(22)36)62-64(53,54)44(48,49)50/h13-20H,1-12H3. The van der Waals surface area contributed by atoms with Gasteiger partial charge in [0.05, 0.1) is 58.8 Å². The fourth-order valence-corrected chi connectivity index (χ4v) is 12.4. The van der Waals surface area contributed by atoms with Crippen LogP contribution in [0.2, 0.25) is 39.3 Å². The SMILES string of the molecule is COc1cc([Si](C)(C)C)c(OS(=O)(=O)C(F)(F)F)c2c1cc(OC)c1ccc3c(OC)c(OC)c4ccc5c(OC)cc6c(OC)cc([Si](C)(C)C)c(OS(=O)(=O)C(F)(F)F)c6c5c4c3c12. The van der Waals surface area contributed by atoms with Gasteiger partial charge in [0.15, 0.2) is 23.0 Å². The van der Waals surface area contributed by atoms with Crippen molar-refractivity contribution in [3.8, 4) is 46.0 Å². The summed E-state index contributed by atoms with van der Waals surface area (Å²) < 4.78 is 186. The van der Waals surface area contributed by atoms with Gasteiger partial charge in [-0.2, -0.15) is 43.2 Å². The van der Waals surface area contributed by atoms with Crippen LogP contribution in [0.25, 0.3) is 64.6 Å². The third-order valence-corrected chi connectivity index (χ3v) is 17.2. The summed E-state index contributed by atoms with van der Waals surface area (Å²) in [7, 11) is -10.6. The van der Waals surface area contributed by atoms with Crippen LogP contribution in [-0.2, 0) is 20.2 Å². The lowest BCUT2D eigenvalue weighted by Crippen LogP contribution is -2.40. The maximum atomic E-state index is 14.4. The van der Waals surface area contributed by atoms with Crippen molar-refractivity contribution < 1.29 is 80.0 Å². The minimum absolute atomic E-state index is 0.0285.